The third-order valence-electron chi connectivity index (χ3n) is 7.36. The number of aliphatic hydroxyl groups is 1. The fourth-order valence-corrected chi connectivity index (χ4v) is 5.09. The summed E-state index contributed by atoms with van der Waals surface area (Å²) in [6, 6.07) is 23.4. The maximum atomic E-state index is 13.3. The molecule has 3 aromatic carbocycles. The smallest absolute Gasteiger partial charge is 0.319 e. The molecule has 2 atom stereocenters. The van der Waals surface area contributed by atoms with Crippen LogP contribution in [-0.4, -0.2) is 45.0 Å². The van der Waals surface area contributed by atoms with Gasteiger partial charge in [-0.3, -0.25) is 14.7 Å². The lowest BCUT2D eigenvalue weighted by Crippen LogP contribution is -2.45. The van der Waals surface area contributed by atoms with E-state index < -0.39 is 29.9 Å². The molecule has 0 radical (unpaired) electrons. The second-order valence-electron chi connectivity index (χ2n) is 10.4. The Bertz CT molecular complexity index is 1420. The molecule has 1 heterocycles. The van der Waals surface area contributed by atoms with Crippen LogP contribution < -0.4 is 10.1 Å². The molecule has 8 nitrogen and oxygen atoms in total. The minimum Gasteiger partial charge on any atom is -0.426 e. The number of aryl methyl sites for hydroxylation is 2. The SMILES string of the molecule is CC(CO)(CC(Cc1ccc(-c2ccccc2)cc1)NC(=O)c1cnn[nH]1)C(=O)Oc1ccc2c(c1)CCC2. The van der Waals surface area contributed by atoms with E-state index in [1.807, 2.05) is 54.6 Å². The number of amides is 1. The monoisotopic (exact) mass is 524 g/mol. The summed E-state index contributed by atoms with van der Waals surface area (Å²) in [7, 11) is 0. The Labute approximate surface area is 227 Å². The number of nitrogens with zero attached hydrogens (tertiary/aromatic N) is 2. The fourth-order valence-electron chi connectivity index (χ4n) is 5.09. The second kappa shape index (κ2) is 11.6. The first-order valence-electron chi connectivity index (χ1n) is 13.2. The summed E-state index contributed by atoms with van der Waals surface area (Å²) in [6.45, 7) is 1.24. The lowest BCUT2D eigenvalue weighted by molar-refractivity contribution is -0.148. The number of hydrogen-bond acceptors (Lipinski definition) is 6. The van der Waals surface area contributed by atoms with Gasteiger partial charge in [-0.05, 0) is 79.0 Å². The summed E-state index contributed by atoms with van der Waals surface area (Å²) in [4.78, 5) is 26.2. The van der Waals surface area contributed by atoms with Crippen molar-refractivity contribution < 1.29 is 19.4 Å². The van der Waals surface area contributed by atoms with Crippen LogP contribution in [0.3, 0.4) is 0 Å². The van der Waals surface area contributed by atoms with Crippen molar-refractivity contribution in [2.45, 2.75) is 45.1 Å². The molecule has 0 fully saturated rings. The molecule has 200 valence electrons. The molecule has 1 aromatic heterocycles. The van der Waals surface area contributed by atoms with Gasteiger partial charge in [0.2, 0.25) is 0 Å². The van der Waals surface area contributed by atoms with Crippen LogP contribution in [0.4, 0.5) is 0 Å². The summed E-state index contributed by atoms with van der Waals surface area (Å²) in [5, 5.41) is 23.2. The quantitative estimate of drug-likeness (QED) is 0.210. The molecule has 1 aliphatic rings. The Kier molecular flexibility index (Phi) is 7.84. The molecule has 5 rings (SSSR count). The van der Waals surface area contributed by atoms with E-state index in [0.29, 0.717) is 12.2 Å². The normalized spacial score (nSPS) is 14.7. The van der Waals surface area contributed by atoms with Gasteiger partial charge < -0.3 is 15.2 Å². The molecule has 0 saturated heterocycles. The first-order valence-corrected chi connectivity index (χ1v) is 13.2. The molecule has 1 aliphatic carbocycles. The Morgan fingerprint density at radius 1 is 1.03 bits per heavy atom. The van der Waals surface area contributed by atoms with Crippen molar-refractivity contribution in [2.24, 2.45) is 5.41 Å². The van der Waals surface area contributed by atoms with Gasteiger partial charge in [-0.25, -0.2) is 0 Å². The van der Waals surface area contributed by atoms with E-state index in [4.69, 9.17) is 4.74 Å². The highest BCUT2D eigenvalue weighted by Crippen LogP contribution is 2.31. The summed E-state index contributed by atoms with van der Waals surface area (Å²) in [5.74, 6) is -0.455. The molecular formula is C31H32N4O4. The first kappa shape index (κ1) is 26.3. The van der Waals surface area contributed by atoms with Crippen molar-refractivity contribution in [1.29, 1.82) is 0 Å². The van der Waals surface area contributed by atoms with E-state index in [9.17, 15) is 14.7 Å². The van der Waals surface area contributed by atoms with E-state index in [1.54, 1.807) is 13.0 Å². The van der Waals surface area contributed by atoms with Crippen molar-refractivity contribution >= 4 is 11.9 Å². The van der Waals surface area contributed by atoms with Crippen LogP contribution in [0.15, 0.2) is 79.0 Å². The molecule has 0 bridgehead atoms. The predicted molar refractivity (Wildman–Crippen MR) is 147 cm³/mol. The summed E-state index contributed by atoms with van der Waals surface area (Å²) >= 11 is 0. The van der Waals surface area contributed by atoms with E-state index in [0.717, 1.165) is 36.0 Å². The van der Waals surface area contributed by atoms with Crippen molar-refractivity contribution in [2.75, 3.05) is 6.61 Å². The topological polar surface area (TPSA) is 117 Å². The Hall–Kier alpha value is -4.30. The molecule has 8 heteroatoms. The molecule has 39 heavy (non-hydrogen) atoms. The van der Waals surface area contributed by atoms with Crippen molar-refractivity contribution in [1.82, 2.24) is 20.7 Å². The zero-order chi connectivity index (χ0) is 27.2. The van der Waals surface area contributed by atoms with Crippen LogP contribution in [-0.2, 0) is 24.1 Å². The van der Waals surface area contributed by atoms with E-state index in [-0.39, 0.29) is 12.1 Å². The van der Waals surface area contributed by atoms with E-state index in [1.165, 1.54) is 17.3 Å². The molecule has 1 amide bonds. The van der Waals surface area contributed by atoms with Gasteiger partial charge in [-0.2, -0.15) is 0 Å². The third kappa shape index (κ3) is 6.23. The van der Waals surface area contributed by atoms with Gasteiger partial charge in [0.1, 0.15) is 11.4 Å². The van der Waals surface area contributed by atoms with Gasteiger partial charge in [-0.15, -0.1) is 5.10 Å². The number of esters is 1. The third-order valence-corrected chi connectivity index (χ3v) is 7.36. The van der Waals surface area contributed by atoms with Crippen LogP contribution in [0, 0.1) is 5.41 Å². The predicted octanol–water partition coefficient (Wildman–Crippen LogP) is 4.30. The van der Waals surface area contributed by atoms with Gasteiger partial charge in [-0.1, -0.05) is 65.9 Å². The highest BCUT2D eigenvalue weighted by molar-refractivity contribution is 5.92. The van der Waals surface area contributed by atoms with E-state index in [2.05, 4.69) is 32.9 Å². The number of rotatable bonds is 10. The standard InChI is InChI=1S/C31H32N4O4/c1-31(20-36,30(38)39-27-15-14-23-8-5-9-25(23)17-27)18-26(33-29(37)28-19-32-35-34-28)16-21-10-12-24(13-11-21)22-6-3-2-4-7-22/h2-4,6-7,10-15,17,19,26,36H,5,8-9,16,18,20H2,1H3,(H,33,37)(H,32,34,35). The Morgan fingerprint density at radius 2 is 1.77 bits per heavy atom. The van der Waals surface area contributed by atoms with Crippen molar-refractivity contribution in [3.05, 3.63) is 101 Å². The minimum absolute atomic E-state index is 0.168. The molecule has 3 N–H and O–H groups in total. The van der Waals surface area contributed by atoms with Crippen LogP contribution in [0.1, 0.15) is 46.9 Å². The number of benzene rings is 3. The van der Waals surface area contributed by atoms with Crippen LogP contribution >= 0.6 is 0 Å². The van der Waals surface area contributed by atoms with E-state index >= 15 is 0 Å². The highest BCUT2D eigenvalue weighted by Gasteiger charge is 2.38. The van der Waals surface area contributed by atoms with Crippen molar-refractivity contribution in [3.8, 4) is 16.9 Å². The number of ether oxygens (including phenoxy) is 1. The highest BCUT2D eigenvalue weighted by atomic mass is 16.5. The Balaban J connectivity index is 1.34. The van der Waals surface area contributed by atoms with Gasteiger partial charge >= 0.3 is 5.97 Å². The summed E-state index contributed by atoms with van der Waals surface area (Å²) in [5.41, 5.74) is 4.63. The number of H-pyrrole nitrogens is 1. The number of carbonyl (C=O) groups excluding carboxylic acids is 2. The average molecular weight is 525 g/mol. The van der Waals surface area contributed by atoms with Gasteiger partial charge in [0.15, 0.2) is 0 Å². The first-order chi connectivity index (χ1) is 18.9. The average Bonchev–Trinajstić information content (AvgIpc) is 3.66. The largest absolute Gasteiger partial charge is 0.426 e. The maximum absolute atomic E-state index is 13.3. The number of carbonyl (C=O) groups is 2. The number of aromatic nitrogens is 3. The fraction of sp³-hybridized carbons (Fsp3) is 0.290. The van der Waals surface area contributed by atoms with Crippen LogP contribution in [0.5, 0.6) is 5.75 Å². The number of hydrogen-bond donors (Lipinski definition) is 3. The maximum Gasteiger partial charge on any atom is 0.319 e. The Morgan fingerprint density at radius 3 is 2.49 bits per heavy atom. The number of fused-ring (bicyclic) bond motifs is 1. The summed E-state index contributed by atoms with van der Waals surface area (Å²) < 4.78 is 5.75. The molecular weight excluding hydrogens is 492 g/mol. The zero-order valence-electron chi connectivity index (χ0n) is 21.9. The second-order valence-corrected chi connectivity index (χ2v) is 10.4. The number of nitrogens with one attached hydrogen (secondary N) is 2. The van der Waals surface area contributed by atoms with Crippen molar-refractivity contribution in [3.63, 3.8) is 0 Å². The molecule has 2 unspecified atom stereocenters. The minimum atomic E-state index is -1.24. The van der Waals surface area contributed by atoms with Gasteiger partial charge in [0.25, 0.3) is 5.91 Å². The van der Waals surface area contributed by atoms with Gasteiger partial charge in [0.05, 0.1) is 18.2 Å². The van der Waals surface area contributed by atoms with Crippen LogP contribution in [0.25, 0.3) is 11.1 Å². The summed E-state index contributed by atoms with van der Waals surface area (Å²) in [6.07, 6.45) is 5.06. The molecule has 0 saturated carbocycles. The van der Waals surface area contributed by atoms with Crippen LogP contribution in [0.2, 0.25) is 0 Å². The molecule has 0 spiro atoms. The van der Waals surface area contributed by atoms with Gasteiger partial charge in [0, 0.05) is 6.04 Å². The number of aliphatic hydroxyl groups excluding tert-OH is 1. The number of aromatic amines is 1. The molecule has 4 aromatic rings. The lowest BCUT2D eigenvalue weighted by Gasteiger charge is -2.30. The molecule has 0 aliphatic heterocycles. The zero-order valence-corrected chi connectivity index (χ0v) is 21.9. The lowest BCUT2D eigenvalue weighted by atomic mass is 9.82.